The van der Waals surface area contributed by atoms with E-state index in [1.165, 1.54) is 0 Å². The van der Waals surface area contributed by atoms with Gasteiger partial charge in [-0.1, -0.05) is 13.8 Å². The predicted octanol–water partition coefficient (Wildman–Crippen LogP) is 3.61. The van der Waals surface area contributed by atoms with Gasteiger partial charge in [0.1, 0.15) is 0 Å². The lowest BCUT2D eigenvalue weighted by Gasteiger charge is -2.26. The van der Waals surface area contributed by atoms with E-state index in [0.29, 0.717) is 5.92 Å². The second-order valence-corrected chi connectivity index (χ2v) is 5.39. The first-order valence-corrected chi connectivity index (χ1v) is 6.70. The Morgan fingerprint density at radius 1 is 0.765 bits per heavy atom. The standard InChI is InChI=1S/C14H30O3/c1-10(2)13(15-7)8-9-14(16-11(3)4)17-12(5)6/h10-14H,8-9H2,1-7H3. The molecule has 3 nitrogen and oxygen atoms in total. The van der Waals surface area contributed by atoms with Crippen molar-refractivity contribution in [3.63, 3.8) is 0 Å². The van der Waals surface area contributed by atoms with E-state index in [9.17, 15) is 0 Å². The molecule has 0 aliphatic heterocycles. The van der Waals surface area contributed by atoms with Crippen molar-refractivity contribution in [1.29, 1.82) is 0 Å². The highest BCUT2D eigenvalue weighted by Crippen LogP contribution is 2.17. The van der Waals surface area contributed by atoms with Crippen LogP contribution in [0.4, 0.5) is 0 Å². The average molecular weight is 246 g/mol. The number of hydrogen-bond donors (Lipinski definition) is 0. The molecule has 0 N–H and O–H groups in total. The van der Waals surface area contributed by atoms with Gasteiger partial charge in [0.25, 0.3) is 0 Å². The molecule has 1 atom stereocenters. The van der Waals surface area contributed by atoms with Crippen molar-refractivity contribution < 1.29 is 14.2 Å². The van der Waals surface area contributed by atoms with Crippen molar-refractivity contribution in [2.75, 3.05) is 7.11 Å². The van der Waals surface area contributed by atoms with E-state index >= 15 is 0 Å². The Bertz CT molecular complexity index is 168. The van der Waals surface area contributed by atoms with Crippen molar-refractivity contribution >= 4 is 0 Å². The van der Waals surface area contributed by atoms with Crippen LogP contribution in [0.5, 0.6) is 0 Å². The van der Waals surface area contributed by atoms with E-state index in [1.807, 2.05) is 27.7 Å². The molecule has 17 heavy (non-hydrogen) atoms. The Morgan fingerprint density at radius 2 is 1.24 bits per heavy atom. The lowest BCUT2D eigenvalue weighted by atomic mass is 10.0. The largest absolute Gasteiger partial charge is 0.381 e. The molecule has 0 amide bonds. The summed E-state index contributed by atoms with van der Waals surface area (Å²) >= 11 is 0. The summed E-state index contributed by atoms with van der Waals surface area (Å²) < 4.78 is 17.0. The maximum atomic E-state index is 5.76. The first-order chi connectivity index (χ1) is 7.86. The number of rotatable bonds is 9. The van der Waals surface area contributed by atoms with Crippen molar-refractivity contribution in [3.8, 4) is 0 Å². The molecule has 0 aromatic heterocycles. The summed E-state index contributed by atoms with van der Waals surface area (Å²) in [4.78, 5) is 0. The summed E-state index contributed by atoms with van der Waals surface area (Å²) in [5.74, 6) is 0.527. The van der Waals surface area contributed by atoms with Gasteiger partial charge in [-0.2, -0.15) is 0 Å². The van der Waals surface area contributed by atoms with E-state index in [0.717, 1.165) is 12.8 Å². The highest BCUT2D eigenvalue weighted by molar-refractivity contribution is 4.64. The lowest BCUT2D eigenvalue weighted by Crippen LogP contribution is -2.27. The van der Waals surface area contributed by atoms with Gasteiger partial charge in [-0.15, -0.1) is 0 Å². The number of ether oxygens (including phenoxy) is 3. The number of hydrogen-bond acceptors (Lipinski definition) is 3. The Kier molecular flexibility index (Phi) is 8.83. The second-order valence-electron chi connectivity index (χ2n) is 5.39. The van der Waals surface area contributed by atoms with E-state index < -0.39 is 0 Å². The Labute approximate surface area is 107 Å². The Morgan fingerprint density at radius 3 is 1.53 bits per heavy atom. The normalized spacial score (nSPS) is 14.3. The molecule has 0 aromatic carbocycles. The molecule has 0 heterocycles. The van der Waals surface area contributed by atoms with Crippen LogP contribution in [0, 0.1) is 5.92 Å². The van der Waals surface area contributed by atoms with Crippen molar-refractivity contribution in [3.05, 3.63) is 0 Å². The summed E-state index contributed by atoms with van der Waals surface area (Å²) in [6.45, 7) is 12.5. The molecule has 104 valence electrons. The van der Waals surface area contributed by atoms with E-state index in [1.54, 1.807) is 7.11 Å². The first kappa shape index (κ1) is 16.9. The predicted molar refractivity (Wildman–Crippen MR) is 71.1 cm³/mol. The van der Waals surface area contributed by atoms with Gasteiger partial charge in [-0.3, -0.25) is 0 Å². The molecule has 0 aromatic rings. The van der Waals surface area contributed by atoms with E-state index in [2.05, 4.69) is 13.8 Å². The van der Waals surface area contributed by atoms with Crippen LogP contribution in [0.15, 0.2) is 0 Å². The summed E-state index contributed by atoms with van der Waals surface area (Å²) in [5, 5.41) is 0. The summed E-state index contributed by atoms with van der Waals surface area (Å²) in [6, 6.07) is 0. The summed E-state index contributed by atoms with van der Waals surface area (Å²) in [6.07, 6.45) is 2.40. The molecule has 1 unspecified atom stereocenters. The quantitative estimate of drug-likeness (QED) is 0.582. The topological polar surface area (TPSA) is 27.7 Å². The minimum absolute atomic E-state index is 0.119. The van der Waals surface area contributed by atoms with Gasteiger partial charge in [0.15, 0.2) is 6.29 Å². The van der Waals surface area contributed by atoms with Gasteiger partial charge >= 0.3 is 0 Å². The first-order valence-electron chi connectivity index (χ1n) is 6.70. The van der Waals surface area contributed by atoms with Crippen LogP contribution < -0.4 is 0 Å². The molecule has 0 aliphatic carbocycles. The highest BCUT2D eigenvalue weighted by atomic mass is 16.7. The van der Waals surface area contributed by atoms with Crippen LogP contribution in [0.2, 0.25) is 0 Å². The summed E-state index contributed by atoms with van der Waals surface area (Å²) in [7, 11) is 1.77. The third-order valence-corrected chi connectivity index (χ3v) is 2.58. The van der Waals surface area contributed by atoms with Crippen LogP contribution in [-0.4, -0.2) is 31.7 Å². The molecule has 0 radical (unpaired) electrons. The molecule has 0 saturated carbocycles. The average Bonchev–Trinajstić information content (AvgIpc) is 2.15. The zero-order valence-corrected chi connectivity index (χ0v) is 12.5. The van der Waals surface area contributed by atoms with Gasteiger partial charge in [-0.25, -0.2) is 0 Å². The minimum atomic E-state index is -0.119. The third kappa shape index (κ3) is 8.58. The van der Waals surface area contributed by atoms with Crippen LogP contribution in [0.3, 0.4) is 0 Å². The van der Waals surface area contributed by atoms with Crippen molar-refractivity contribution in [1.82, 2.24) is 0 Å². The molecule has 0 rings (SSSR count). The van der Waals surface area contributed by atoms with Crippen molar-refractivity contribution in [2.45, 2.75) is 79.0 Å². The van der Waals surface area contributed by atoms with Gasteiger partial charge in [0.2, 0.25) is 0 Å². The number of methoxy groups -OCH3 is 1. The molecule has 0 bridgehead atoms. The third-order valence-electron chi connectivity index (χ3n) is 2.58. The molecule has 3 heteroatoms. The summed E-state index contributed by atoms with van der Waals surface area (Å²) in [5.41, 5.74) is 0. The highest BCUT2D eigenvalue weighted by Gasteiger charge is 2.18. The van der Waals surface area contributed by atoms with E-state index in [4.69, 9.17) is 14.2 Å². The SMILES string of the molecule is COC(CCC(OC(C)C)OC(C)C)C(C)C. The zero-order chi connectivity index (χ0) is 13.4. The van der Waals surface area contributed by atoms with E-state index in [-0.39, 0.29) is 24.6 Å². The fourth-order valence-corrected chi connectivity index (χ4v) is 1.80. The Balaban J connectivity index is 4.13. The van der Waals surface area contributed by atoms with Crippen LogP contribution in [-0.2, 0) is 14.2 Å². The Hall–Kier alpha value is -0.120. The van der Waals surface area contributed by atoms with Gasteiger partial charge in [-0.05, 0) is 40.0 Å². The van der Waals surface area contributed by atoms with Crippen LogP contribution >= 0.6 is 0 Å². The van der Waals surface area contributed by atoms with Gasteiger partial charge < -0.3 is 14.2 Å². The fraction of sp³-hybridized carbons (Fsp3) is 1.00. The molecule has 0 aliphatic rings. The fourth-order valence-electron chi connectivity index (χ4n) is 1.80. The monoisotopic (exact) mass is 246 g/mol. The van der Waals surface area contributed by atoms with Gasteiger partial charge in [0.05, 0.1) is 18.3 Å². The molecule has 0 spiro atoms. The van der Waals surface area contributed by atoms with Crippen molar-refractivity contribution in [2.24, 2.45) is 5.92 Å². The van der Waals surface area contributed by atoms with Gasteiger partial charge in [0, 0.05) is 13.5 Å². The second kappa shape index (κ2) is 8.90. The smallest absolute Gasteiger partial charge is 0.158 e. The van der Waals surface area contributed by atoms with Crippen LogP contribution in [0.1, 0.15) is 54.4 Å². The molecular formula is C14H30O3. The maximum Gasteiger partial charge on any atom is 0.158 e. The molecular weight excluding hydrogens is 216 g/mol. The molecule has 0 saturated heterocycles. The lowest BCUT2D eigenvalue weighted by molar-refractivity contribution is -0.187. The zero-order valence-electron chi connectivity index (χ0n) is 12.5. The minimum Gasteiger partial charge on any atom is -0.381 e. The van der Waals surface area contributed by atoms with Crippen LogP contribution in [0.25, 0.3) is 0 Å². The molecule has 0 fully saturated rings. The maximum absolute atomic E-state index is 5.76.